The van der Waals surface area contributed by atoms with Crippen molar-refractivity contribution in [1.82, 2.24) is 5.32 Å². The van der Waals surface area contributed by atoms with E-state index in [1.807, 2.05) is 27.7 Å². The van der Waals surface area contributed by atoms with Crippen molar-refractivity contribution in [2.45, 2.75) is 70.6 Å². The van der Waals surface area contributed by atoms with Gasteiger partial charge in [-0.15, -0.1) is 0 Å². The predicted molar refractivity (Wildman–Crippen MR) is 97.9 cm³/mol. The second-order valence-corrected chi connectivity index (χ2v) is 8.10. The zero-order valence-corrected chi connectivity index (χ0v) is 16.6. The highest BCUT2D eigenvalue weighted by Crippen LogP contribution is 2.31. The molecule has 0 spiro atoms. The summed E-state index contributed by atoms with van der Waals surface area (Å²) < 4.78 is 5.40. The highest BCUT2D eigenvalue weighted by Gasteiger charge is 2.41. The maximum absolute atomic E-state index is 12.2. The molecule has 2 unspecified atom stereocenters. The van der Waals surface area contributed by atoms with Gasteiger partial charge in [-0.2, -0.15) is 0 Å². The fourth-order valence-electron chi connectivity index (χ4n) is 3.72. The summed E-state index contributed by atoms with van der Waals surface area (Å²) in [5, 5.41) is 30.6. The molecule has 11 heteroatoms. The van der Waals surface area contributed by atoms with E-state index < -0.39 is 54.7 Å². The number of nitrogens with two attached hydrogens (primary N) is 2. The topological polar surface area (TPSA) is 202 Å². The first-order valence-corrected chi connectivity index (χ1v) is 8.72. The molecule has 162 valence electrons. The van der Waals surface area contributed by atoms with Crippen LogP contribution in [-0.4, -0.2) is 56.4 Å². The third-order valence-corrected chi connectivity index (χ3v) is 4.35. The second kappa shape index (κ2) is 10.3. The molecule has 0 bridgehead atoms. The normalized spacial score (nSPS) is 20.1. The summed E-state index contributed by atoms with van der Waals surface area (Å²) >= 11 is 0. The van der Waals surface area contributed by atoms with Gasteiger partial charge >= 0.3 is 23.9 Å². The maximum atomic E-state index is 12.2. The van der Waals surface area contributed by atoms with E-state index in [1.54, 1.807) is 0 Å². The molecule has 0 radical (unpaired) electrons. The zero-order valence-electron chi connectivity index (χ0n) is 16.6. The van der Waals surface area contributed by atoms with E-state index in [2.05, 4.69) is 17.0 Å². The van der Waals surface area contributed by atoms with Crippen LogP contribution < -0.4 is 17.0 Å². The van der Waals surface area contributed by atoms with Crippen LogP contribution in [0.25, 0.3) is 0 Å². The van der Waals surface area contributed by atoms with Gasteiger partial charge in [0, 0.05) is 23.9 Å². The van der Waals surface area contributed by atoms with Crippen LogP contribution in [0, 0.1) is 11.8 Å². The van der Waals surface area contributed by atoms with Crippen molar-refractivity contribution in [3.05, 3.63) is 0 Å². The molecule has 0 aromatic heterocycles. The summed E-state index contributed by atoms with van der Waals surface area (Å²) in [7, 11) is 0. The number of hydrogen-bond donors (Lipinski definition) is 6. The number of piperidine rings is 1. The van der Waals surface area contributed by atoms with Gasteiger partial charge in [-0.05, 0) is 27.7 Å². The van der Waals surface area contributed by atoms with E-state index in [0.717, 1.165) is 0 Å². The Kier molecular flexibility index (Phi) is 9.52. The number of carbonyl (C=O) groups is 4. The van der Waals surface area contributed by atoms with Gasteiger partial charge in [0.25, 0.3) is 0 Å². The fourth-order valence-corrected chi connectivity index (χ4v) is 3.72. The summed E-state index contributed by atoms with van der Waals surface area (Å²) in [5.74, 6) is -0.776. The highest BCUT2D eigenvalue weighted by atomic mass is 16.5. The second-order valence-electron chi connectivity index (χ2n) is 8.10. The van der Waals surface area contributed by atoms with E-state index in [9.17, 15) is 24.3 Å². The number of ether oxygens (including phenoxy) is 1. The van der Waals surface area contributed by atoms with E-state index in [4.69, 9.17) is 14.9 Å². The predicted octanol–water partition coefficient (Wildman–Crippen LogP) is -0.0760. The average Bonchev–Trinajstić information content (AvgIpc) is 2.48. The summed E-state index contributed by atoms with van der Waals surface area (Å²) in [6.07, 6.45) is -0.961. The van der Waals surface area contributed by atoms with Gasteiger partial charge in [-0.1, -0.05) is 0 Å². The average molecular weight is 405 g/mol. The Labute approximate surface area is 163 Å². The summed E-state index contributed by atoms with van der Waals surface area (Å²) in [6, 6.07) is 0. The minimum Gasteiger partial charge on any atom is -0.481 e. The number of esters is 1. The molecule has 1 fully saturated rings. The van der Waals surface area contributed by atoms with E-state index in [0.29, 0.717) is 12.8 Å². The number of nitrogens with one attached hydrogen (secondary N) is 1. The summed E-state index contributed by atoms with van der Waals surface area (Å²) in [6.45, 7) is 7.84. The van der Waals surface area contributed by atoms with Crippen LogP contribution in [0.5, 0.6) is 0 Å². The molecule has 1 heterocycles. The molecule has 1 aliphatic heterocycles. The van der Waals surface area contributed by atoms with Crippen LogP contribution >= 0.6 is 0 Å². The molecular weight excluding hydrogens is 374 g/mol. The third-order valence-electron chi connectivity index (χ3n) is 4.35. The lowest BCUT2D eigenvalue weighted by Crippen LogP contribution is -2.59. The van der Waals surface area contributed by atoms with Gasteiger partial charge in [0.2, 0.25) is 0 Å². The van der Waals surface area contributed by atoms with Gasteiger partial charge in [-0.3, -0.25) is 30.9 Å². The van der Waals surface area contributed by atoms with Crippen LogP contribution in [0.4, 0.5) is 0 Å². The van der Waals surface area contributed by atoms with Crippen molar-refractivity contribution in [2.24, 2.45) is 23.5 Å². The van der Waals surface area contributed by atoms with Gasteiger partial charge in [0.05, 0.1) is 24.7 Å². The summed E-state index contributed by atoms with van der Waals surface area (Å²) in [5.41, 5.74) is -0.572. The number of hydrazine groups is 1. The van der Waals surface area contributed by atoms with Crippen molar-refractivity contribution in [3.63, 3.8) is 0 Å². The Morgan fingerprint density at radius 3 is 1.68 bits per heavy atom. The molecule has 0 aliphatic carbocycles. The number of carboxylic acid groups (broad SMARTS) is 3. The van der Waals surface area contributed by atoms with Crippen LogP contribution in [0.3, 0.4) is 0 Å². The minimum atomic E-state index is -1.71. The van der Waals surface area contributed by atoms with Gasteiger partial charge in [-0.25, -0.2) is 0 Å². The maximum Gasteiger partial charge on any atom is 0.307 e. The number of aliphatic carboxylic acids is 3. The van der Waals surface area contributed by atoms with E-state index in [-0.39, 0.29) is 11.1 Å². The Morgan fingerprint density at radius 1 is 0.929 bits per heavy atom. The molecule has 0 aromatic carbocycles. The Bertz CT molecular complexity index is 575. The molecule has 1 saturated heterocycles. The monoisotopic (exact) mass is 405 g/mol. The Hall–Kier alpha value is -2.24. The zero-order chi connectivity index (χ0) is 22.3. The Balaban J connectivity index is 0.00000352. The van der Waals surface area contributed by atoms with Crippen LogP contribution in [0.1, 0.15) is 53.4 Å². The van der Waals surface area contributed by atoms with E-state index >= 15 is 0 Å². The molecule has 0 amide bonds. The molecule has 0 aromatic rings. The standard InChI is InChI=1S/C17H27NO8.H4N2/c1-16(2)7-9(8-17(3,4)18-16)26-13(21)6-11(15(24)25)10(14(22)23)5-12(19)20;1-2/h9-11,18H,5-8H2,1-4H3,(H,19,20)(H,22,23)(H,24,25);1-2H2. The molecule has 0 saturated carbocycles. The SMILES string of the molecule is CC1(C)CC(OC(=O)CC(C(=O)O)C(CC(=O)O)C(=O)O)CC(C)(C)N1.NN. The molecule has 2 atom stereocenters. The molecule has 8 N–H and O–H groups in total. The van der Waals surface area contributed by atoms with Gasteiger partial charge < -0.3 is 25.4 Å². The summed E-state index contributed by atoms with van der Waals surface area (Å²) in [4.78, 5) is 45.6. The molecule has 1 rings (SSSR count). The molecule has 1 aliphatic rings. The molecular formula is C17H31N3O8. The van der Waals surface area contributed by atoms with Crippen molar-refractivity contribution < 1.29 is 39.2 Å². The van der Waals surface area contributed by atoms with Gasteiger partial charge in [0.1, 0.15) is 6.10 Å². The van der Waals surface area contributed by atoms with Crippen molar-refractivity contribution >= 4 is 23.9 Å². The lowest BCUT2D eigenvalue weighted by atomic mass is 9.81. The van der Waals surface area contributed by atoms with Gasteiger partial charge in [0.15, 0.2) is 0 Å². The largest absolute Gasteiger partial charge is 0.481 e. The number of hydrogen-bond acceptors (Lipinski definition) is 8. The number of rotatable bonds is 8. The first kappa shape index (κ1) is 25.8. The lowest BCUT2D eigenvalue weighted by molar-refractivity contribution is -0.164. The van der Waals surface area contributed by atoms with E-state index in [1.165, 1.54) is 0 Å². The smallest absolute Gasteiger partial charge is 0.307 e. The van der Waals surface area contributed by atoms with Crippen molar-refractivity contribution in [3.8, 4) is 0 Å². The van der Waals surface area contributed by atoms with Crippen LogP contribution in [-0.2, 0) is 23.9 Å². The number of carbonyl (C=O) groups excluding carboxylic acids is 1. The van der Waals surface area contributed by atoms with Crippen molar-refractivity contribution in [1.29, 1.82) is 0 Å². The Morgan fingerprint density at radius 2 is 1.32 bits per heavy atom. The quantitative estimate of drug-likeness (QED) is 0.179. The highest BCUT2D eigenvalue weighted by molar-refractivity contribution is 5.86. The first-order chi connectivity index (χ1) is 12.7. The molecule has 28 heavy (non-hydrogen) atoms. The lowest BCUT2D eigenvalue weighted by Gasteiger charge is -2.46. The first-order valence-electron chi connectivity index (χ1n) is 8.72. The van der Waals surface area contributed by atoms with Crippen molar-refractivity contribution in [2.75, 3.05) is 0 Å². The fraction of sp³-hybridized carbons (Fsp3) is 0.765. The minimum absolute atomic E-state index is 0.286. The third kappa shape index (κ3) is 8.63. The number of carboxylic acids is 3. The van der Waals surface area contributed by atoms with Crippen LogP contribution in [0.2, 0.25) is 0 Å². The van der Waals surface area contributed by atoms with Crippen LogP contribution in [0.15, 0.2) is 0 Å². The molecule has 11 nitrogen and oxygen atoms in total.